The first-order chi connectivity index (χ1) is 9.22. The fourth-order valence-corrected chi connectivity index (χ4v) is 2.64. The molecule has 1 amide bonds. The number of nitrogens with one attached hydrogen (secondary N) is 3. The van der Waals surface area contributed by atoms with Gasteiger partial charge in [0.2, 0.25) is 5.91 Å². The smallest absolute Gasteiger partial charge is 0.259 e. The maximum absolute atomic E-state index is 12.2. The summed E-state index contributed by atoms with van der Waals surface area (Å²) in [6.45, 7) is 5.09. The first kappa shape index (κ1) is 14.5. The van der Waals surface area contributed by atoms with Gasteiger partial charge < -0.3 is 4.98 Å². The molecule has 2 rings (SSSR count). The fourth-order valence-electron chi connectivity index (χ4n) is 1.62. The lowest BCUT2D eigenvalue weighted by molar-refractivity contribution is -0.129. The second kappa shape index (κ2) is 4.92. The van der Waals surface area contributed by atoms with Crippen molar-refractivity contribution in [1.29, 1.82) is 0 Å². The standard InChI is InChI=1S/C13H17N3O3S/c1-13(2,3)12(17)15-16-20(18,19)11-8-14-10-7-5-4-6-9(10)11/h4-8,14,16H,1-3H3,(H,15,17). The van der Waals surface area contributed by atoms with Crippen molar-refractivity contribution in [3.05, 3.63) is 30.5 Å². The van der Waals surface area contributed by atoms with Crippen LogP contribution in [-0.4, -0.2) is 19.3 Å². The minimum Gasteiger partial charge on any atom is -0.360 e. The predicted molar refractivity (Wildman–Crippen MR) is 76.2 cm³/mol. The van der Waals surface area contributed by atoms with Gasteiger partial charge in [0.15, 0.2) is 0 Å². The van der Waals surface area contributed by atoms with E-state index in [9.17, 15) is 13.2 Å². The number of amides is 1. The minimum absolute atomic E-state index is 0.0994. The van der Waals surface area contributed by atoms with Crippen LogP contribution in [-0.2, 0) is 14.8 Å². The van der Waals surface area contributed by atoms with Gasteiger partial charge in [-0.05, 0) is 6.07 Å². The van der Waals surface area contributed by atoms with Crippen LogP contribution in [0.25, 0.3) is 10.9 Å². The number of H-pyrrole nitrogens is 1. The quantitative estimate of drug-likeness (QED) is 0.750. The number of aromatic nitrogens is 1. The number of aromatic amines is 1. The largest absolute Gasteiger partial charge is 0.360 e. The average molecular weight is 295 g/mol. The summed E-state index contributed by atoms with van der Waals surface area (Å²) < 4.78 is 24.4. The maximum atomic E-state index is 12.2. The second-order valence-corrected chi connectivity index (χ2v) is 7.16. The highest BCUT2D eigenvalue weighted by Crippen LogP contribution is 2.21. The lowest BCUT2D eigenvalue weighted by Crippen LogP contribution is -2.46. The van der Waals surface area contributed by atoms with Crippen LogP contribution in [0.3, 0.4) is 0 Å². The second-order valence-electron chi connectivity index (χ2n) is 5.51. The van der Waals surface area contributed by atoms with E-state index in [2.05, 4.69) is 15.2 Å². The molecule has 0 atom stereocenters. The molecule has 20 heavy (non-hydrogen) atoms. The van der Waals surface area contributed by atoms with E-state index in [-0.39, 0.29) is 4.90 Å². The Morgan fingerprint density at radius 2 is 1.85 bits per heavy atom. The summed E-state index contributed by atoms with van der Waals surface area (Å²) in [5.41, 5.74) is 2.26. The molecule has 108 valence electrons. The molecule has 1 aromatic carbocycles. The monoisotopic (exact) mass is 295 g/mol. The Balaban J connectivity index is 2.25. The molecule has 0 saturated carbocycles. The average Bonchev–Trinajstić information content (AvgIpc) is 2.79. The molecule has 2 aromatic rings. The summed E-state index contributed by atoms with van der Waals surface area (Å²) in [5.74, 6) is -0.402. The van der Waals surface area contributed by atoms with Gasteiger partial charge in [-0.3, -0.25) is 10.2 Å². The van der Waals surface area contributed by atoms with Gasteiger partial charge in [-0.25, -0.2) is 8.42 Å². The van der Waals surface area contributed by atoms with E-state index in [4.69, 9.17) is 0 Å². The molecular weight excluding hydrogens is 278 g/mol. The Morgan fingerprint density at radius 1 is 1.20 bits per heavy atom. The topological polar surface area (TPSA) is 91.1 Å². The Labute approximate surface area is 117 Å². The van der Waals surface area contributed by atoms with E-state index in [0.717, 1.165) is 5.52 Å². The molecule has 1 heterocycles. The van der Waals surface area contributed by atoms with E-state index in [1.54, 1.807) is 39.0 Å². The van der Waals surface area contributed by atoms with E-state index < -0.39 is 21.3 Å². The molecule has 0 bridgehead atoms. The van der Waals surface area contributed by atoms with Gasteiger partial charge in [0.25, 0.3) is 10.0 Å². The minimum atomic E-state index is -3.81. The number of fused-ring (bicyclic) bond motifs is 1. The van der Waals surface area contributed by atoms with Gasteiger partial charge in [0, 0.05) is 22.5 Å². The molecule has 0 aliphatic carbocycles. The number of hydrazine groups is 1. The fraction of sp³-hybridized carbons (Fsp3) is 0.308. The third kappa shape index (κ3) is 2.83. The summed E-state index contributed by atoms with van der Waals surface area (Å²) >= 11 is 0. The molecular formula is C13H17N3O3S. The van der Waals surface area contributed by atoms with Crippen LogP contribution in [0, 0.1) is 5.41 Å². The zero-order valence-electron chi connectivity index (χ0n) is 11.5. The highest BCUT2D eigenvalue weighted by atomic mass is 32.2. The third-order valence-electron chi connectivity index (χ3n) is 2.82. The summed E-state index contributed by atoms with van der Waals surface area (Å²) in [4.78, 5) is 16.8. The molecule has 0 unspecified atom stereocenters. The van der Waals surface area contributed by atoms with Crippen molar-refractivity contribution in [2.75, 3.05) is 0 Å². The van der Waals surface area contributed by atoms with Crippen molar-refractivity contribution in [3.8, 4) is 0 Å². The van der Waals surface area contributed by atoms with Gasteiger partial charge in [-0.2, -0.15) is 0 Å². The molecule has 0 saturated heterocycles. The Kier molecular flexibility index (Phi) is 3.58. The lowest BCUT2D eigenvalue weighted by atomic mass is 9.96. The van der Waals surface area contributed by atoms with E-state index in [0.29, 0.717) is 5.39 Å². The SMILES string of the molecule is CC(C)(C)C(=O)NNS(=O)(=O)c1c[nH]c2ccccc12. The first-order valence-corrected chi connectivity index (χ1v) is 7.58. The van der Waals surface area contributed by atoms with Gasteiger partial charge in [-0.15, -0.1) is 4.83 Å². The van der Waals surface area contributed by atoms with Crippen molar-refractivity contribution in [3.63, 3.8) is 0 Å². The summed E-state index contributed by atoms with van der Waals surface area (Å²) in [6.07, 6.45) is 1.40. The molecule has 6 nitrogen and oxygen atoms in total. The zero-order chi connectivity index (χ0) is 15.0. The molecule has 0 fully saturated rings. The molecule has 1 aromatic heterocycles. The van der Waals surface area contributed by atoms with Crippen LogP contribution in [0.2, 0.25) is 0 Å². The van der Waals surface area contributed by atoms with Crippen LogP contribution in [0.15, 0.2) is 35.4 Å². The van der Waals surface area contributed by atoms with Crippen LogP contribution in [0.5, 0.6) is 0 Å². The van der Waals surface area contributed by atoms with Crippen LogP contribution in [0.1, 0.15) is 20.8 Å². The van der Waals surface area contributed by atoms with E-state index >= 15 is 0 Å². The molecule has 0 aliphatic heterocycles. The van der Waals surface area contributed by atoms with Gasteiger partial charge in [-0.1, -0.05) is 39.0 Å². The zero-order valence-corrected chi connectivity index (χ0v) is 12.3. The maximum Gasteiger partial charge on any atom is 0.259 e. The molecule has 7 heteroatoms. The number of para-hydroxylation sites is 1. The summed E-state index contributed by atoms with van der Waals surface area (Å²) in [5, 5.41) is 0.574. The number of carbonyl (C=O) groups is 1. The molecule has 0 spiro atoms. The van der Waals surface area contributed by atoms with Gasteiger partial charge in [0.05, 0.1) is 0 Å². The van der Waals surface area contributed by atoms with Crippen molar-refractivity contribution >= 4 is 26.8 Å². The van der Waals surface area contributed by atoms with Crippen molar-refractivity contribution in [1.82, 2.24) is 15.2 Å². The number of carbonyl (C=O) groups excluding carboxylic acids is 1. The Hall–Kier alpha value is -1.86. The van der Waals surface area contributed by atoms with E-state index in [1.165, 1.54) is 6.20 Å². The number of sulfonamides is 1. The highest BCUT2D eigenvalue weighted by Gasteiger charge is 2.24. The number of hydrogen-bond acceptors (Lipinski definition) is 3. The Morgan fingerprint density at radius 3 is 2.50 bits per heavy atom. The molecule has 0 radical (unpaired) electrons. The molecule has 3 N–H and O–H groups in total. The van der Waals surface area contributed by atoms with Crippen LogP contribution < -0.4 is 10.3 Å². The number of hydrogen-bond donors (Lipinski definition) is 3. The van der Waals surface area contributed by atoms with Gasteiger partial charge >= 0.3 is 0 Å². The highest BCUT2D eigenvalue weighted by molar-refractivity contribution is 7.89. The van der Waals surface area contributed by atoms with Crippen molar-refractivity contribution in [2.24, 2.45) is 5.41 Å². The van der Waals surface area contributed by atoms with Gasteiger partial charge in [0.1, 0.15) is 4.90 Å². The summed E-state index contributed by atoms with van der Waals surface area (Å²) in [7, 11) is -3.81. The summed E-state index contributed by atoms with van der Waals surface area (Å²) in [6, 6.07) is 7.04. The van der Waals surface area contributed by atoms with Crippen molar-refractivity contribution < 1.29 is 13.2 Å². The number of rotatable bonds is 3. The lowest BCUT2D eigenvalue weighted by Gasteiger charge is -2.17. The predicted octanol–water partition coefficient (Wildman–Crippen LogP) is 1.52. The third-order valence-corrected chi connectivity index (χ3v) is 4.11. The van der Waals surface area contributed by atoms with E-state index in [1.807, 2.05) is 6.07 Å². The normalized spacial score (nSPS) is 12.6. The Bertz CT molecular complexity index is 742. The number of benzene rings is 1. The molecule has 0 aliphatic rings. The van der Waals surface area contributed by atoms with Crippen LogP contribution >= 0.6 is 0 Å². The first-order valence-electron chi connectivity index (χ1n) is 6.10. The van der Waals surface area contributed by atoms with Crippen molar-refractivity contribution in [2.45, 2.75) is 25.7 Å². The van der Waals surface area contributed by atoms with Crippen LogP contribution in [0.4, 0.5) is 0 Å².